The van der Waals surface area contributed by atoms with Crippen molar-refractivity contribution in [2.75, 3.05) is 19.6 Å². The second kappa shape index (κ2) is 9.64. The first-order chi connectivity index (χ1) is 10.8. The molecule has 0 aliphatic heterocycles. The van der Waals surface area contributed by atoms with Crippen LogP contribution in [0.3, 0.4) is 0 Å². The highest BCUT2D eigenvalue weighted by Crippen LogP contribution is 2.17. The van der Waals surface area contributed by atoms with Gasteiger partial charge >= 0.3 is 0 Å². The van der Waals surface area contributed by atoms with Crippen molar-refractivity contribution in [2.45, 2.75) is 6.42 Å². The molecular formula is C16H20Cl2N4OS. The summed E-state index contributed by atoms with van der Waals surface area (Å²) < 4.78 is 1.83. The molecule has 2 aromatic heterocycles. The predicted molar refractivity (Wildman–Crippen MR) is 103 cm³/mol. The minimum absolute atomic E-state index is 0. The Labute approximate surface area is 157 Å². The number of nitrogens with two attached hydrogens (primary N) is 1. The second-order valence-electron chi connectivity index (χ2n) is 5.04. The van der Waals surface area contributed by atoms with Gasteiger partial charge in [-0.2, -0.15) is 0 Å². The average Bonchev–Trinajstić information content (AvgIpc) is 3.15. The molecular weight excluding hydrogens is 367 g/mol. The SMILES string of the molecule is Cl.Cl.NCCN(CCc1ccccc1)C(=O)c1csc2cncn12. The maximum atomic E-state index is 12.8. The zero-order valence-corrected chi connectivity index (χ0v) is 15.4. The summed E-state index contributed by atoms with van der Waals surface area (Å²) in [6, 6.07) is 10.2. The summed E-state index contributed by atoms with van der Waals surface area (Å²) in [5, 5.41) is 1.88. The van der Waals surface area contributed by atoms with Crippen LogP contribution in [0.1, 0.15) is 16.1 Å². The lowest BCUT2D eigenvalue weighted by atomic mass is 10.1. The van der Waals surface area contributed by atoms with Crippen LogP contribution in [-0.2, 0) is 6.42 Å². The Kier molecular flexibility index (Phi) is 8.21. The number of thiazole rings is 1. The summed E-state index contributed by atoms with van der Waals surface area (Å²) >= 11 is 1.52. The first kappa shape index (κ1) is 20.4. The van der Waals surface area contributed by atoms with Crippen molar-refractivity contribution in [2.24, 2.45) is 5.73 Å². The number of nitrogens with zero attached hydrogens (tertiary/aromatic N) is 3. The van der Waals surface area contributed by atoms with E-state index in [1.807, 2.05) is 32.9 Å². The molecule has 1 amide bonds. The molecule has 24 heavy (non-hydrogen) atoms. The van der Waals surface area contributed by atoms with E-state index in [0.29, 0.717) is 25.3 Å². The van der Waals surface area contributed by atoms with Gasteiger partial charge in [0.15, 0.2) is 0 Å². The fourth-order valence-corrected chi connectivity index (χ4v) is 3.25. The lowest BCUT2D eigenvalue weighted by Gasteiger charge is -2.21. The lowest BCUT2D eigenvalue weighted by Crippen LogP contribution is -2.37. The van der Waals surface area contributed by atoms with Gasteiger partial charge in [-0.05, 0) is 12.0 Å². The Morgan fingerprint density at radius 3 is 2.67 bits per heavy atom. The molecule has 130 valence electrons. The van der Waals surface area contributed by atoms with Crippen molar-refractivity contribution >= 4 is 46.9 Å². The van der Waals surface area contributed by atoms with Crippen LogP contribution in [0.4, 0.5) is 0 Å². The summed E-state index contributed by atoms with van der Waals surface area (Å²) in [4.78, 5) is 19.6. The predicted octanol–water partition coefficient (Wildman–Crippen LogP) is 2.88. The lowest BCUT2D eigenvalue weighted by molar-refractivity contribution is 0.0755. The van der Waals surface area contributed by atoms with Crippen molar-refractivity contribution in [3.8, 4) is 0 Å². The van der Waals surface area contributed by atoms with E-state index >= 15 is 0 Å². The highest BCUT2D eigenvalue weighted by molar-refractivity contribution is 7.15. The monoisotopic (exact) mass is 386 g/mol. The van der Waals surface area contributed by atoms with Gasteiger partial charge in [0.25, 0.3) is 5.91 Å². The quantitative estimate of drug-likeness (QED) is 0.708. The molecule has 0 spiro atoms. The number of hydrogen-bond donors (Lipinski definition) is 1. The first-order valence-corrected chi connectivity index (χ1v) is 8.10. The molecule has 0 bridgehead atoms. The number of hydrogen-bond acceptors (Lipinski definition) is 4. The molecule has 0 aliphatic carbocycles. The van der Waals surface area contributed by atoms with Crippen LogP contribution in [0, 0.1) is 0 Å². The highest BCUT2D eigenvalue weighted by Gasteiger charge is 2.19. The molecule has 0 saturated carbocycles. The average molecular weight is 387 g/mol. The van der Waals surface area contributed by atoms with E-state index in [1.165, 1.54) is 16.9 Å². The molecule has 8 heteroatoms. The zero-order valence-electron chi connectivity index (χ0n) is 13.0. The van der Waals surface area contributed by atoms with Gasteiger partial charge in [-0.15, -0.1) is 36.2 Å². The zero-order chi connectivity index (χ0) is 15.4. The molecule has 3 rings (SSSR count). The Morgan fingerprint density at radius 1 is 1.21 bits per heavy atom. The van der Waals surface area contributed by atoms with Gasteiger partial charge < -0.3 is 10.6 Å². The molecule has 0 atom stereocenters. The van der Waals surface area contributed by atoms with Gasteiger partial charge in [0.2, 0.25) is 0 Å². The fourth-order valence-electron chi connectivity index (χ4n) is 2.42. The van der Waals surface area contributed by atoms with Crippen LogP contribution in [0.2, 0.25) is 0 Å². The summed E-state index contributed by atoms with van der Waals surface area (Å²) in [6.45, 7) is 1.67. The van der Waals surface area contributed by atoms with Gasteiger partial charge in [0.05, 0.1) is 6.20 Å². The molecule has 0 fully saturated rings. The van der Waals surface area contributed by atoms with E-state index in [0.717, 1.165) is 11.3 Å². The van der Waals surface area contributed by atoms with Gasteiger partial charge in [-0.25, -0.2) is 4.98 Å². The van der Waals surface area contributed by atoms with E-state index in [9.17, 15) is 4.79 Å². The number of benzene rings is 1. The Morgan fingerprint density at radius 2 is 1.96 bits per heavy atom. The number of fused-ring (bicyclic) bond motifs is 1. The number of rotatable bonds is 6. The molecule has 0 unspecified atom stereocenters. The van der Waals surface area contributed by atoms with Crippen LogP contribution in [-0.4, -0.2) is 39.8 Å². The maximum Gasteiger partial charge on any atom is 0.271 e. The molecule has 5 nitrogen and oxygen atoms in total. The maximum absolute atomic E-state index is 12.8. The standard InChI is InChI=1S/C16H18N4OS.2ClH/c17-7-9-19(8-6-13-4-2-1-3-5-13)16(21)14-11-22-15-10-18-12-20(14)15;;/h1-5,10-12H,6-9,17H2;2*1H. The van der Waals surface area contributed by atoms with Crippen LogP contribution in [0.5, 0.6) is 0 Å². The van der Waals surface area contributed by atoms with Gasteiger partial charge in [0.1, 0.15) is 16.9 Å². The number of carbonyl (C=O) groups excluding carboxylic acids is 1. The van der Waals surface area contributed by atoms with Crippen LogP contribution >= 0.6 is 36.2 Å². The number of halogens is 2. The third-order valence-electron chi connectivity index (χ3n) is 3.57. The topological polar surface area (TPSA) is 63.6 Å². The van der Waals surface area contributed by atoms with Crippen molar-refractivity contribution in [1.29, 1.82) is 0 Å². The number of amides is 1. The minimum atomic E-state index is 0. The summed E-state index contributed by atoms with van der Waals surface area (Å²) in [5.41, 5.74) is 7.54. The van der Waals surface area contributed by atoms with E-state index in [2.05, 4.69) is 17.1 Å². The molecule has 0 aliphatic rings. The van der Waals surface area contributed by atoms with Gasteiger partial charge in [-0.1, -0.05) is 30.3 Å². The molecule has 1 aromatic carbocycles. The van der Waals surface area contributed by atoms with Crippen molar-refractivity contribution < 1.29 is 4.79 Å². The van der Waals surface area contributed by atoms with Crippen molar-refractivity contribution in [3.05, 3.63) is 59.5 Å². The molecule has 2 N–H and O–H groups in total. The normalized spacial score (nSPS) is 10.0. The number of carbonyl (C=O) groups is 1. The third kappa shape index (κ3) is 4.48. The smallest absolute Gasteiger partial charge is 0.271 e. The van der Waals surface area contributed by atoms with Crippen molar-refractivity contribution in [1.82, 2.24) is 14.3 Å². The van der Waals surface area contributed by atoms with Crippen LogP contribution < -0.4 is 5.73 Å². The number of aromatic nitrogens is 2. The summed E-state index contributed by atoms with van der Waals surface area (Å²) in [7, 11) is 0. The minimum Gasteiger partial charge on any atom is -0.336 e. The van der Waals surface area contributed by atoms with Crippen LogP contribution in [0.25, 0.3) is 4.83 Å². The molecule has 0 saturated heterocycles. The Balaban J connectivity index is 0.00000144. The van der Waals surface area contributed by atoms with E-state index < -0.39 is 0 Å². The fraction of sp³-hybridized carbons (Fsp3) is 0.250. The van der Waals surface area contributed by atoms with Crippen molar-refractivity contribution in [3.63, 3.8) is 0 Å². The molecule has 0 radical (unpaired) electrons. The van der Waals surface area contributed by atoms with E-state index in [-0.39, 0.29) is 30.7 Å². The largest absolute Gasteiger partial charge is 0.336 e. The molecule has 3 aromatic rings. The van der Waals surface area contributed by atoms with E-state index in [4.69, 9.17) is 5.73 Å². The highest BCUT2D eigenvalue weighted by atomic mass is 35.5. The molecule has 2 heterocycles. The Hall–Kier alpha value is -1.60. The second-order valence-corrected chi connectivity index (χ2v) is 5.93. The first-order valence-electron chi connectivity index (χ1n) is 7.22. The summed E-state index contributed by atoms with van der Waals surface area (Å²) in [6.07, 6.45) is 4.26. The number of imidazole rings is 1. The van der Waals surface area contributed by atoms with E-state index in [1.54, 1.807) is 12.5 Å². The van der Waals surface area contributed by atoms with Gasteiger partial charge in [0, 0.05) is 25.0 Å². The Bertz CT molecular complexity index is 760. The summed E-state index contributed by atoms with van der Waals surface area (Å²) in [5.74, 6) is 0.00521. The van der Waals surface area contributed by atoms with Crippen LogP contribution in [0.15, 0.2) is 48.2 Å². The van der Waals surface area contributed by atoms with Gasteiger partial charge in [-0.3, -0.25) is 9.20 Å². The third-order valence-corrected chi connectivity index (χ3v) is 4.46.